The maximum absolute atomic E-state index is 11.2. The molecular formula is C10H18N2O4S. The number of hydrogen-bond donors (Lipinski definition) is 3. The van der Waals surface area contributed by atoms with Gasteiger partial charge in [-0.3, -0.25) is 4.79 Å². The molecule has 1 atom stereocenters. The van der Waals surface area contributed by atoms with E-state index in [0.717, 1.165) is 0 Å². The molecule has 1 amide bonds. The quantitative estimate of drug-likeness (QED) is 0.571. The van der Waals surface area contributed by atoms with Crippen LogP contribution < -0.4 is 10.6 Å². The minimum absolute atomic E-state index is 0.0378. The molecule has 0 heterocycles. The number of carboxylic acids is 1. The van der Waals surface area contributed by atoms with E-state index in [0.29, 0.717) is 13.2 Å². The summed E-state index contributed by atoms with van der Waals surface area (Å²) in [4.78, 5) is 22.1. The Hall–Kier alpha value is -1.37. The first-order valence-electron chi connectivity index (χ1n) is 5.44. The van der Waals surface area contributed by atoms with Crippen molar-refractivity contribution in [1.29, 1.82) is 0 Å². The number of amides is 1. The second kappa shape index (κ2) is 8.74. The molecule has 0 bridgehead atoms. The Morgan fingerprint density at radius 1 is 1.41 bits per heavy atom. The zero-order valence-corrected chi connectivity index (χ0v) is 10.8. The van der Waals surface area contributed by atoms with Crippen LogP contribution in [0.25, 0.3) is 0 Å². The van der Waals surface area contributed by atoms with Gasteiger partial charge in [0.2, 0.25) is 5.91 Å². The minimum atomic E-state index is -1.06. The molecule has 0 aromatic carbocycles. The van der Waals surface area contributed by atoms with Crippen molar-refractivity contribution in [2.75, 3.05) is 13.2 Å². The van der Waals surface area contributed by atoms with E-state index < -0.39 is 12.0 Å². The van der Waals surface area contributed by atoms with Gasteiger partial charge in [0.05, 0.1) is 6.61 Å². The minimum Gasteiger partial charge on any atom is -0.480 e. The fourth-order valence-corrected chi connectivity index (χ4v) is 1.39. The van der Waals surface area contributed by atoms with Crippen LogP contribution in [0.1, 0.15) is 26.7 Å². The van der Waals surface area contributed by atoms with Crippen LogP contribution in [-0.2, 0) is 14.3 Å². The first kappa shape index (κ1) is 15.6. The Labute approximate surface area is 106 Å². The number of aliphatic carboxylic acids is 1. The molecule has 17 heavy (non-hydrogen) atoms. The van der Waals surface area contributed by atoms with Crippen LogP contribution in [0.5, 0.6) is 0 Å². The average molecular weight is 262 g/mol. The zero-order chi connectivity index (χ0) is 13.3. The summed E-state index contributed by atoms with van der Waals surface area (Å²) in [6.45, 7) is 4.45. The van der Waals surface area contributed by atoms with Crippen LogP contribution in [-0.4, -0.2) is 41.4 Å². The van der Waals surface area contributed by atoms with Crippen LogP contribution in [0, 0.1) is 0 Å². The summed E-state index contributed by atoms with van der Waals surface area (Å²) in [5.41, 5.74) is 0. The Morgan fingerprint density at radius 3 is 2.53 bits per heavy atom. The van der Waals surface area contributed by atoms with E-state index >= 15 is 0 Å². The number of ether oxygens (including phenoxy) is 1. The molecule has 0 fully saturated rings. The van der Waals surface area contributed by atoms with Crippen molar-refractivity contribution in [3.05, 3.63) is 0 Å². The van der Waals surface area contributed by atoms with Gasteiger partial charge >= 0.3 is 5.97 Å². The average Bonchev–Trinajstić information content (AvgIpc) is 2.24. The van der Waals surface area contributed by atoms with Crippen molar-refractivity contribution < 1.29 is 19.4 Å². The highest BCUT2D eigenvalue weighted by molar-refractivity contribution is 7.80. The molecule has 0 aromatic rings. The van der Waals surface area contributed by atoms with E-state index in [2.05, 4.69) is 10.6 Å². The van der Waals surface area contributed by atoms with E-state index in [9.17, 15) is 9.59 Å². The largest absolute Gasteiger partial charge is 0.480 e. The SMILES string of the molecule is CCNC(=O)CC[C@H](NC(=S)OCC)C(=O)O. The predicted molar refractivity (Wildman–Crippen MR) is 66.7 cm³/mol. The number of hydrogen-bond acceptors (Lipinski definition) is 4. The van der Waals surface area contributed by atoms with Gasteiger partial charge in [0.15, 0.2) is 0 Å². The lowest BCUT2D eigenvalue weighted by molar-refractivity contribution is -0.139. The van der Waals surface area contributed by atoms with Crippen molar-refractivity contribution in [3.63, 3.8) is 0 Å². The molecule has 0 saturated carbocycles. The zero-order valence-electron chi connectivity index (χ0n) is 9.99. The summed E-state index contributed by atoms with van der Waals surface area (Å²) in [5.74, 6) is -1.24. The van der Waals surface area contributed by atoms with Crippen LogP contribution in [0.2, 0.25) is 0 Å². The van der Waals surface area contributed by atoms with Gasteiger partial charge in [0.1, 0.15) is 6.04 Å². The lowest BCUT2D eigenvalue weighted by Gasteiger charge is -2.15. The third-order valence-corrected chi connectivity index (χ3v) is 2.14. The Balaban J connectivity index is 4.11. The topological polar surface area (TPSA) is 87.7 Å². The summed E-state index contributed by atoms with van der Waals surface area (Å²) in [5, 5.41) is 14.1. The Kier molecular flexibility index (Phi) is 8.04. The highest BCUT2D eigenvalue weighted by Crippen LogP contribution is 1.99. The molecule has 0 aliphatic carbocycles. The summed E-state index contributed by atoms with van der Waals surface area (Å²) >= 11 is 4.78. The summed E-state index contributed by atoms with van der Waals surface area (Å²) in [6, 6.07) is -0.906. The second-order valence-electron chi connectivity index (χ2n) is 3.25. The third kappa shape index (κ3) is 7.51. The number of carbonyl (C=O) groups is 2. The maximum atomic E-state index is 11.2. The number of carboxylic acid groups (broad SMARTS) is 1. The van der Waals surface area contributed by atoms with Crippen LogP contribution in [0.3, 0.4) is 0 Å². The van der Waals surface area contributed by atoms with Crippen LogP contribution in [0.4, 0.5) is 0 Å². The maximum Gasteiger partial charge on any atom is 0.326 e. The monoisotopic (exact) mass is 262 g/mol. The molecule has 0 radical (unpaired) electrons. The van der Waals surface area contributed by atoms with Gasteiger partial charge in [0.25, 0.3) is 5.17 Å². The van der Waals surface area contributed by atoms with Gasteiger partial charge < -0.3 is 20.5 Å². The highest BCUT2D eigenvalue weighted by atomic mass is 32.1. The molecule has 3 N–H and O–H groups in total. The fraction of sp³-hybridized carbons (Fsp3) is 0.700. The Morgan fingerprint density at radius 2 is 2.06 bits per heavy atom. The third-order valence-electron chi connectivity index (χ3n) is 1.90. The lowest BCUT2D eigenvalue weighted by Crippen LogP contribution is -2.41. The number of thiocarbonyl (C=S) groups is 1. The summed E-state index contributed by atoms with van der Waals surface area (Å²) in [7, 11) is 0. The molecule has 98 valence electrons. The lowest BCUT2D eigenvalue weighted by atomic mass is 10.1. The predicted octanol–water partition coefficient (Wildman–Crippen LogP) is 0.267. The fourth-order valence-electron chi connectivity index (χ4n) is 1.13. The van der Waals surface area contributed by atoms with Gasteiger partial charge in [-0.1, -0.05) is 0 Å². The molecule has 0 unspecified atom stereocenters. The summed E-state index contributed by atoms with van der Waals surface area (Å²) in [6.07, 6.45) is 0.293. The number of nitrogens with one attached hydrogen (secondary N) is 2. The van der Waals surface area contributed by atoms with E-state index in [4.69, 9.17) is 22.1 Å². The van der Waals surface area contributed by atoms with E-state index in [1.54, 1.807) is 13.8 Å². The number of rotatable bonds is 7. The van der Waals surface area contributed by atoms with Crippen LogP contribution in [0.15, 0.2) is 0 Å². The van der Waals surface area contributed by atoms with Crippen molar-refractivity contribution in [2.24, 2.45) is 0 Å². The van der Waals surface area contributed by atoms with E-state index in [1.807, 2.05) is 0 Å². The smallest absolute Gasteiger partial charge is 0.326 e. The van der Waals surface area contributed by atoms with Gasteiger partial charge in [-0.2, -0.15) is 0 Å². The summed E-state index contributed by atoms with van der Waals surface area (Å²) < 4.78 is 4.93. The highest BCUT2D eigenvalue weighted by Gasteiger charge is 2.19. The van der Waals surface area contributed by atoms with E-state index in [-0.39, 0.29) is 23.9 Å². The molecular weight excluding hydrogens is 244 g/mol. The normalized spacial score (nSPS) is 11.4. The van der Waals surface area contributed by atoms with Crippen LogP contribution >= 0.6 is 12.2 Å². The molecule has 0 spiro atoms. The molecule has 6 nitrogen and oxygen atoms in total. The van der Waals surface area contributed by atoms with Crippen molar-refractivity contribution in [3.8, 4) is 0 Å². The molecule has 0 aliphatic heterocycles. The number of carbonyl (C=O) groups excluding carboxylic acids is 1. The van der Waals surface area contributed by atoms with Gasteiger partial charge in [-0.15, -0.1) is 0 Å². The standard InChI is InChI=1S/C10H18N2O4S/c1-3-11-8(13)6-5-7(9(14)15)12-10(17)16-4-2/h7H,3-6H2,1-2H3,(H,11,13)(H,12,17)(H,14,15)/t7-/m0/s1. The van der Waals surface area contributed by atoms with E-state index in [1.165, 1.54) is 0 Å². The van der Waals surface area contributed by atoms with Crippen molar-refractivity contribution in [1.82, 2.24) is 10.6 Å². The molecule has 0 rings (SSSR count). The molecule has 0 aromatic heterocycles. The molecule has 0 saturated heterocycles. The Bertz CT molecular complexity index is 283. The first-order valence-corrected chi connectivity index (χ1v) is 5.84. The second-order valence-corrected chi connectivity index (χ2v) is 3.62. The van der Waals surface area contributed by atoms with Gasteiger partial charge in [-0.05, 0) is 32.5 Å². The van der Waals surface area contributed by atoms with Crippen molar-refractivity contribution in [2.45, 2.75) is 32.7 Å². The van der Waals surface area contributed by atoms with Crippen molar-refractivity contribution >= 4 is 29.3 Å². The van der Waals surface area contributed by atoms with Gasteiger partial charge in [0, 0.05) is 13.0 Å². The molecule has 7 heteroatoms. The first-order chi connectivity index (χ1) is 8.01. The van der Waals surface area contributed by atoms with Gasteiger partial charge in [-0.25, -0.2) is 4.79 Å². The molecule has 0 aliphatic rings.